The van der Waals surface area contributed by atoms with E-state index in [0.717, 1.165) is 30.2 Å². The molecule has 2 amide bonds. The second kappa shape index (κ2) is 7.16. The van der Waals surface area contributed by atoms with Gasteiger partial charge in [-0.15, -0.1) is 0 Å². The maximum absolute atomic E-state index is 12.5. The van der Waals surface area contributed by atoms with Gasteiger partial charge in [-0.2, -0.15) is 0 Å². The molecule has 0 atom stereocenters. The third-order valence-corrected chi connectivity index (χ3v) is 5.27. The Balaban J connectivity index is 1.36. The highest BCUT2D eigenvalue weighted by Gasteiger charge is 2.34. The number of nitrogens with one attached hydrogen (secondary N) is 2. The molecule has 2 aliphatic heterocycles. The number of amides is 2. The molecule has 9 heteroatoms. The minimum absolute atomic E-state index is 0.194. The zero-order valence-electron chi connectivity index (χ0n) is 13.8. The van der Waals surface area contributed by atoms with Gasteiger partial charge in [-0.25, -0.2) is 0 Å². The van der Waals surface area contributed by atoms with Crippen molar-refractivity contribution in [2.45, 2.75) is 18.9 Å². The molecule has 3 aliphatic rings. The van der Waals surface area contributed by atoms with Crippen LogP contribution in [0.4, 0.5) is 4.79 Å². The Hall–Kier alpha value is -2.26. The monoisotopic (exact) mass is 391 g/mol. The molecular weight excluding hydrogens is 374 g/mol. The maximum Gasteiger partial charge on any atom is 0.293 e. The summed E-state index contributed by atoms with van der Waals surface area (Å²) in [6.45, 7) is 0.892. The fraction of sp³-hybridized carbons (Fsp3) is 0.353. The summed E-state index contributed by atoms with van der Waals surface area (Å²) in [5, 5.41) is 6.48. The lowest BCUT2D eigenvalue weighted by Crippen LogP contribution is -2.42. The van der Waals surface area contributed by atoms with Crippen LogP contribution in [-0.4, -0.2) is 47.1 Å². The number of ether oxygens (including phenoxy) is 2. The van der Waals surface area contributed by atoms with Crippen LogP contribution in [0.5, 0.6) is 11.5 Å². The third-order valence-electron chi connectivity index (χ3n) is 4.10. The molecule has 1 aliphatic carbocycles. The van der Waals surface area contributed by atoms with Gasteiger partial charge in [-0.05, 0) is 60.6 Å². The van der Waals surface area contributed by atoms with Crippen molar-refractivity contribution in [2.75, 3.05) is 19.9 Å². The largest absolute Gasteiger partial charge is 0.454 e. The van der Waals surface area contributed by atoms with Gasteiger partial charge in [0.05, 0.1) is 4.91 Å². The van der Waals surface area contributed by atoms with Crippen molar-refractivity contribution in [3.8, 4) is 11.5 Å². The first kappa shape index (κ1) is 17.2. The quantitative estimate of drug-likeness (QED) is 0.583. The second-order valence-electron chi connectivity index (χ2n) is 6.12. The smallest absolute Gasteiger partial charge is 0.293 e. The zero-order chi connectivity index (χ0) is 18.1. The van der Waals surface area contributed by atoms with Crippen molar-refractivity contribution in [2.24, 2.45) is 0 Å². The van der Waals surface area contributed by atoms with Crippen LogP contribution in [0.1, 0.15) is 18.4 Å². The van der Waals surface area contributed by atoms with E-state index in [9.17, 15) is 9.59 Å². The van der Waals surface area contributed by atoms with Crippen LogP contribution < -0.4 is 20.1 Å². The lowest BCUT2D eigenvalue weighted by atomic mass is 10.2. The zero-order valence-corrected chi connectivity index (χ0v) is 15.5. The highest BCUT2D eigenvalue weighted by Crippen LogP contribution is 2.36. The van der Waals surface area contributed by atoms with Crippen molar-refractivity contribution in [3.05, 3.63) is 28.7 Å². The first-order valence-electron chi connectivity index (χ1n) is 8.29. The molecule has 0 radical (unpaired) electrons. The first-order valence-corrected chi connectivity index (χ1v) is 9.52. The van der Waals surface area contributed by atoms with E-state index < -0.39 is 0 Å². The van der Waals surface area contributed by atoms with Crippen LogP contribution in [0.15, 0.2) is 23.1 Å². The summed E-state index contributed by atoms with van der Waals surface area (Å²) in [5.74, 6) is 1.02. The number of rotatable bonds is 5. The van der Waals surface area contributed by atoms with Gasteiger partial charge in [0.25, 0.3) is 11.1 Å². The molecule has 2 heterocycles. The molecule has 136 valence electrons. The van der Waals surface area contributed by atoms with E-state index in [1.165, 1.54) is 4.90 Å². The average Bonchev–Trinajstić information content (AvgIpc) is 3.23. The average molecular weight is 391 g/mol. The molecule has 4 rings (SSSR count). The number of thiocarbonyl (C=S) groups is 1. The fourth-order valence-corrected chi connectivity index (χ4v) is 3.73. The van der Waals surface area contributed by atoms with E-state index in [0.29, 0.717) is 34.1 Å². The molecule has 1 saturated carbocycles. The van der Waals surface area contributed by atoms with Crippen LogP contribution in [0.2, 0.25) is 0 Å². The van der Waals surface area contributed by atoms with Crippen molar-refractivity contribution in [1.82, 2.24) is 15.5 Å². The van der Waals surface area contributed by atoms with E-state index in [4.69, 9.17) is 21.7 Å². The van der Waals surface area contributed by atoms with E-state index in [1.54, 1.807) is 18.2 Å². The normalized spacial score (nSPS) is 20.0. The Labute approximate surface area is 160 Å². The number of hydrogen-bond donors (Lipinski definition) is 2. The van der Waals surface area contributed by atoms with Gasteiger partial charge in [-0.3, -0.25) is 14.5 Å². The topological polar surface area (TPSA) is 79.9 Å². The SMILES string of the molecule is O=C1S/C(=C\c2ccc3c(c2)OCO3)C(=O)N1CCNC(=S)NC1CC1. The molecule has 7 nitrogen and oxygen atoms in total. The number of benzene rings is 1. The maximum atomic E-state index is 12.5. The van der Waals surface area contributed by atoms with Crippen LogP contribution in [-0.2, 0) is 4.79 Å². The number of fused-ring (bicyclic) bond motifs is 1. The summed E-state index contributed by atoms with van der Waals surface area (Å²) < 4.78 is 10.6. The van der Waals surface area contributed by atoms with Gasteiger partial charge in [0.1, 0.15) is 0 Å². The minimum Gasteiger partial charge on any atom is -0.454 e. The van der Waals surface area contributed by atoms with Crippen LogP contribution in [0.3, 0.4) is 0 Å². The molecule has 2 fully saturated rings. The summed E-state index contributed by atoms with van der Waals surface area (Å²) in [4.78, 5) is 26.3. The number of carbonyl (C=O) groups excluding carboxylic acids is 2. The summed E-state index contributed by atoms with van der Waals surface area (Å²) >= 11 is 6.11. The van der Waals surface area contributed by atoms with Crippen LogP contribution in [0.25, 0.3) is 6.08 Å². The fourth-order valence-electron chi connectivity index (χ4n) is 2.59. The predicted molar refractivity (Wildman–Crippen MR) is 102 cm³/mol. The van der Waals surface area contributed by atoms with Crippen LogP contribution in [0, 0.1) is 0 Å². The molecule has 0 unspecified atom stereocenters. The lowest BCUT2D eigenvalue weighted by molar-refractivity contribution is -0.122. The van der Waals surface area contributed by atoms with E-state index in [2.05, 4.69) is 10.6 Å². The predicted octanol–water partition coefficient (Wildman–Crippen LogP) is 2.08. The Kier molecular flexibility index (Phi) is 4.73. The second-order valence-corrected chi connectivity index (χ2v) is 7.52. The summed E-state index contributed by atoms with van der Waals surface area (Å²) in [6, 6.07) is 5.87. The molecule has 0 aromatic heterocycles. The van der Waals surface area contributed by atoms with E-state index in [-0.39, 0.29) is 24.5 Å². The third kappa shape index (κ3) is 3.78. The summed E-state index contributed by atoms with van der Waals surface area (Å²) in [7, 11) is 0. The number of imide groups is 1. The van der Waals surface area contributed by atoms with Crippen molar-refractivity contribution in [1.29, 1.82) is 0 Å². The number of nitrogens with zero attached hydrogens (tertiary/aromatic N) is 1. The molecule has 1 aromatic rings. The molecule has 1 aromatic carbocycles. The van der Waals surface area contributed by atoms with Crippen molar-refractivity contribution >= 4 is 46.3 Å². The van der Waals surface area contributed by atoms with Gasteiger partial charge in [0.15, 0.2) is 16.6 Å². The first-order chi connectivity index (χ1) is 12.6. The van der Waals surface area contributed by atoms with Gasteiger partial charge in [0, 0.05) is 19.1 Å². The molecule has 0 spiro atoms. The Morgan fingerprint density at radius 1 is 1.31 bits per heavy atom. The van der Waals surface area contributed by atoms with Crippen LogP contribution >= 0.6 is 24.0 Å². The highest BCUT2D eigenvalue weighted by atomic mass is 32.2. The van der Waals surface area contributed by atoms with Crippen molar-refractivity contribution in [3.63, 3.8) is 0 Å². The Bertz CT molecular complexity index is 807. The van der Waals surface area contributed by atoms with Gasteiger partial charge < -0.3 is 20.1 Å². The molecule has 2 N–H and O–H groups in total. The molecular formula is C17H17N3O4S2. The minimum atomic E-state index is -0.291. The Morgan fingerprint density at radius 2 is 2.12 bits per heavy atom. The molecule has 26 heavy (non-hydrogen) atoms. The van der Waals surface area contributed by atoms with E-state index in [1.807, 2.05) is 6.07 Å². The van der Waals surface area contributed by atoms with E-state index >= 15 is 0 Å². The highest BCUT2D eigenvalue weighted by molar-refractivity contribution is 8.18. The molecule has 0 bridgehead atoms. The number of carbonyl (C=O) groups is 2. The molecule has 1 saturated heterocycles. The summed E-state index contributed by atoms with van der Waals surface area (Å²) in [5.41, 5.74) is 0.785. The standard InChI is InChI=1S/C17H17N3O4S2/c21-15-14(8-10-1-4-12-13(7-10)24-9-23-12)26-17(22)20(15)6-5-18-16(25)19-11-2-3-11/h1,4,7-8,11H,2-3,5-6,9H2,(H2,18,19,25)/b14-8-. The number of hydrogen-bond acceptors (Lipinski definition) is 6. The van der Waals surface area contributed by atoms with Gasteiger partial charge in [-0.1, -0.05) is 6.07 Å². The lowest BCUT2D eigenvalue weighted by Gasteiger charge is -2.14. The van der Waals surface area contributed by atoms with Gasteiger partial charge in [0.2, 0.25) is 6.79 Å². The summed E-state index contributed by atoms with van der Waals surface area (Å²) in [6.07, 6.45) is 3.96. The number of thioether (sulfide) groups is 1. The van der Waals surface area contributed by atoms with Gasteiger partial charge >= 0.3 is 0 Å². The van der Waals surface area contributed by atoms with Crippen molar-refractivity contribution < 1.29 is 19.1 Å². The Morgan fingerprint density at radius 3 is 2.92 bits per heavy atom.